The summed E-state index contributed by atoms with van der Waals surface area (Å²) in [5, 5.41) is 4.40. The molecule has 0 unspecified atom stereocenters. The van der Waals surface area contributed by atoms with Crippen molar-refractivity contribution in [3.05, 3.63) is 92.9 Å². The lowest BCUT2D eigenvalue weighted by Crippen LogP contribution is -2.13. The molecule has 0 atom stereocenters. The van der Waals surface area contributed by atoms with Gasteiger partial charge in [-0.3, -0.25) is 9.59 Å². The summed E-state index contributed by atoms with van der Waals surface area (Å²) < 4.78 is 35.3. The number of H-pyrrole nitrogens is 1. The number of aryl methyl sites for hydroxylation is 2. The van der Waals surface area contributed by atoms with E-state index >= 15 is 0 Å². The van der Waals surface area contributed by atoms with Crippen molar-refractivity contribution in [1.29, 1.82) is 0 Å². The number of nitrogens with one attached hydrogen (secondary N) is 2. The molecule has 0 saturated heterocycles. The summed E-state index contributed by atoms with van der Waals surface area (Å²) in [6.45, 7) is 1.87. The average molecular weight is 507 g/mol. The lowest BCUT2D eigenvalue weighted by Gasteiger charge is -2.14. The largest absolute Gasteiger partial charge is 0.454 e. The standard InChI is InChI=1S/C26H20F2N4O3S/c1-14-30-12-17(36-14)11-24(33)31-16-4-6-22(35-23-5-3-15(27)9-21(23)28)19(10-16)20-13-32(2)25-18(20)7-8-29-26(25)34/h3-10,12-13H,11H2,1-2H3,(H,29,34)(H,31,33). The first-order valence-corrected chi connectivity index (χ1v) is 11.8. The Morgan fingerprint density at radius 3 is 2.69 bits per heavy atom. The van der Waals surface area contributed by atoms with Gasteiger partial charge in [0.2, 0.25) is 5.91 Å². The Morgan fingerprint density at radius 1 is 1.14 bits per heavy atom. The van der Waals surface area contributed by atoms with E-state index in [4.69, 9.17) is 4.74 Å². The molecule has 5 rings (SSSR count). The summed E-state index contributed by atoms with van der Waals surface area (Å²) in [5.74, 6) is -1.69. The number of rotatable bonds is 6. The van der Waals surface area contributed by atoms with Crippen LogP contribution in [-0.2, 0) is 18.3 Å². The fourth-order valence-corrected chi connectivity index (χ4v) is 4.81. The van der Waals surface area contributed by atoms with E-state index in [-0.39, 0.29) is 29.4 Å². The molecule has 182 valence electrons. The van der Waals surface area contributed by atoms with Gasteiger partial charge in [0.05, 0.1) is 11.4 Å². The van der Waals surface area contributed by atoms with Crippen LogP contribution >= 0.6 is 11.3 Å². The van der Waals surface area contributed by atoms with Gasteiger partial charge in [0.1, 0.15) is 17.1 Å². The third-order valence-electron chi connectivity index (χ3n) is 5.57. The van der Waals surface area contributed by atoms with Crippen molar-refractivity contribution in [2.45, 2.75) is 13.3 Å². The molecule has 7 nitrogen and oxygen atoms in total. The monoisotopic (exact) mass is 506 g/mol. The maximum atomic E-state index is 14.4. The predicted octanol–water partition coefficient (Wildman–Crippen LogP) is 5.55. The number of aromatic amines is 1. The van der Waals surface area contributed by atoms with E-state index in [1.54, 1.807) is 48.3 Å². The van der Waals surface area contributed by atoms with E-state index in [1.165, 1.54) is 23.6 Å². The number of pyridine rings is 1. The molecule has 36 heavy (non-hydrogen) atoms. The number of halogens is 2. The first-order valence-electron chi connectivity index (χ1n) is 10.9. The zero-order chi connectivity index (χ0) is 25.4. The van der Waals surface area contributed by atoms with E-state index in [1.807, 2.05) is 6.92 Å². The Morgan fingerprint density at radius 2 is 1.94 bits per heavy atom. The van der Waals surface area contributed by atoms with Crippen molar-refractivity contribution >= 4 is 33.8 Å². The van der Waals surface area contributed by atoms with Crippen molar-refractivity contribution in [2.75, 3.05) is 5.32 Å². The van der Waals surface area contributed by atoms with E-state index in [0.717, 1.165) is 22.0 Å². The topological polar surface area (TPSA) is 89.0 Å². The van der Waals surface area contributed by atoms with E-state index in [2.05, 4.69) is 15.3 Å². The first-order chi connectivity index (χ1) is 17.3. The molecule has 3 aromatic heterocycles. The van der Waals surface area contributed by atoms with Crippen molar-refractivity contribution in [3.8, 4) is 22.6 Å². The number of carbonyl (C=O) groups is 1. The van der Waals surface area contributed by atoms with Gasteiger partial charge in [-0.15, -0.1) is 11.3 Å². The van der Waals surface area contributed by atoms with E-state index in [9.17, 15) is 18.4 Å². The summed E-state index contributed by atoms with van der Waals surface area (Å²) in [4.78, 5) is 32.7. The third kappa shape index (κ3) is 4.63. The zero-order valence-electron chi connectivity index (χ0n) is 19.3. The number of thiazole rings is 1. The highest BCUT2D eigenvalue weighted by Crippen LogP contribution is 2.39. The van der Waals surface area contributed by atoms with Gasteiger partial charge in [-0.1, -0.05) is 0 Å². The number of fused-ring (bicyclic) bond motifs is 1. The first kappa shape index (κ1) is 23.4. The number of nitrogens with zero attached hydrogens (tertiary/aromatic N) is 2. The van der Waals surface area contributed by atoms with Gasteiger partial charge in [0.15, 0.2) is 11.6 Å². The molecule has 2 aromatic carbocycles. The maximum absolute atomic E-state index is 14.4. The van der Waals surface area contributed by atoms with Crippen LogP contribution in [0.25, 0.3) is 22.0 Å². The smallest absolute Gasteiger partial charge is 0.272 e. The normalized spacial score (nSPS) is 11.1. The van der Waals surface area contributed by atoms with Gasteiger partial charge >= 0.3 is 0 Å². The summed E-state index contributed by atoms with van der Waals surface area (Å²) in [6.07, 6.45) is 5.14. The van der Waals surface area contributed by atoms with Gasteiger partial charge in [-0.2, -0.15) is 0 Å². The number of amides is 1. The van der Waals surface area contributed by atoms with Gasteiger partial charge in [0.25, 0.3) is 5.56 Å². The molecule has 1 amide bonds. The number of anilines is 1. The van der Waals surface area contributed by atoms with Crippen LogP contribution in [0.2, 0.25) is 0 Å². The molecule has 0 spiro atoms. The minimum atomic E-state index is -0.854. The molecule has 0 aliphatic rings. The van der Waals surface area contributed by atoms with Crippen molar-refractivity contribution in [1.82, 2.24) is 14.5 Å². The number of benzene rings is 2. The Labute approximate surface area is 208 Å². The molecule has 5 aromatic rings. The number of carbonyl (C=O) groups excluding carboxylic acids is 1. The fourth-order valence-electron chi connectivity index (χ4n) is 4.01. The number of hydrogen-bond acceptors (Lipinski definition) is 5. The van der Waals surface area contributed by atoms with E-state index in [0.29, 0.717) is 27.7 Å². The Bertz CT molecular complexity index is 1670. The van der Waals surface area contributed by atoms with Gasteiger partial charge in [-0.05, 0) is 43.3 Å². The van der Waals surface area contributed by atoms with Crippen LogP contribution in [0.3, 0.4) is 0 Å². The average Bonchev–Trinajstić information content (AvgIpc) is 3.39. The van der Waals surface area contributed by atoms with Crippen LogP contribution in [0.1, 0.15) is 9.88 Å². The highest BCUT2D eigenvalue weighted by Gasteiger charge is 2.18. The van der Waals surface area contributed by atoms with Gasteiger partial charge in [-0.25, -0.2) is 13.8 Å². The van der Waals surface area contributed by atoms with Crippen molar-refractivity contribution in [3.63, 3.8) is 0 Å². The molecule has 2 N–H and O–H groups in total. The zero-order valence-corrected chi connectivity index (χ0v) is 20.1. The minimum absolute atomic E-state index is 0.159. The van der Waals surface area contributed by atoms with Crippen LogP contribution in [0.15, 0.2) is 65.8 Å². The molecule has 10 heteroatoms. The van der Waals surface area contributed by atoms with Crippen LogP contribution in [-0.4, -0.2) is 20.4 Å². The summed E-state index contributed by atoms with van der Waals surface area (Å²) in [6, 6.07) is 9.72. The highest BCUT2D eigenvalue weighted by atomic mass is 32.1. The Balaban J connectivity index is 1.57. The molecule has 3 heterocycles. The SMILES string of the molecule is Cc1ncc(CC(=O)Nc2ccc(Oc3ccc(F)cc3F)c(-c3cn(C)c4c(=O)[nH]ccc34)c2)s1. The van der Waals surface area contributed by atoms with Crippen LogP contribution < -0.4 is 15.6 Å². The van der Waals surface area contributed by atoms with E-state index < -0.39 is 11.6 Å². The minimum Gasteiger partial charge on any atom is -0.454 e. The summed E-state index contributed by atoms with van der Waals surface area (Å²) in [7, 11) is 1.74. The predicted molar refractivity (Wildman–Crippen MR) is 135 cm³/mol. The molecule has 0 saturated carbocycles. The molecule has 0 fully saturated rings. The molecular formula is C26H20F2N4O3S. The van der Waals surface area contributed by atoms with Crippen molar-refractivity contribution < 1.29 is 18.3 Å². The quantitative estimate of drug-likeness (QED) is 0.316. The fraction of sp³-hybridized carbons (Fsp3) is 0.115. The highest BCUT2D eigenvalue weighted by molar-refractivity contribution is 7.11. The number of hydrogen-bond donors (Lipinski definition) is 2. The van der Waals surface area contributed by atoms with Gasteiger partial charge < -0.3 is 19.6 Å². The lowest BCUT2D eigenvalue weighted by atomic mass is 10.0. The third-order valence-corrected chi connectivity index (χ3v) is 6.48. The number of ether oxygens (including phenoxy) is 1. The molecule has 0 radical (unpaired) electrons. The van der Waals surface area contributed by atoms with Gasteiger partial charge in [0, 0.05) is 58.8 Å². The summed E-state index contributed by atoms with van der Waals surface area (Å²) in [5.41, 5.74) is 1.83. The molecule has 0 aliphatic carbocycles. The number of aromatic nitrogens is 3. The van der Waals surface area contributed by atoms with Crippen LogP contribution in [0.5, 0.6) is 11.5 Å². The second kappa shape index (κ2) is 9.38. The Kier molecular flexibility index (Phi) is 6.11. The Hall–Kier alpha value is -4.31. The molecule has 0 bridgehead atoms. The second-order valence-electron chi connectivity index (χ2n) is 8.18. The lowest BCUT2D eigenvalue weighted by molar-refractivity contribution is -0.115. The van der Waals surface area contributed by atoms with Crippen LogP contribution in [0, 0.1) is 18.6 Å². The summed E-state index contributed by atoms with van der Waals surface area (Å²) >= 11 is 1.45. The van der Waals surface area contributed by atoms with Crippen molar-refractivity contribution in [2.24, 2.45) is 7.05 Å². The maximum Gasteiger partial charge on any atom is 0.272 e. The molecular weight excluding hydrogens is 486 g/mol. The second-order valence-corrected chi connectivity index (χ2v) is 9.50. The van der Waals surface area contributed by atoms with Crippen LogP contribution in [0.4, 0.5) is 14.5 Å². The molecule has 0 aliphatic heterocycles.